The molecular formula is C12H14BF4NO2. The number of halogens is 4. The summed E-state index contributed by atoms with van der Waals surface area (Å²) < 4.78 is 63.0. The summed E-state index contributed by atoms with van der Waals surface area (Å²) in [6.07, 6.45) is -4.18. The second-order valence-electron chi connectivity index (χ2n) is 5.68. The van der Waals surface area contributed by atoms with Crippen molar-refractivity contribution in [1.29, 1.82) is 0 Å². The molecule has 1 saturated heterocycles. The van der Waals surface area contributed by atoms with Crippen molar-refractivity contribution in [3.63, 3.8) is 0 Å². The molecule has 0 saturated carbocycles. The Morgan fingerprint density at radius 3 is 2.05 bits per heavy atom. The molecule has 3 nitrogen and oxygen atoms in total. The summed E-state index contributed by atoms with van der Waals surface area (Å²) >= 11 is 0. The number of nitrogens with zero attached hydrogens (tertiary/aromatic N) is 1. The summed E-state index contributed by atoms with van der Waals surface area (Å²) in [5, 5.41) is 0. The van der Waals surface area contributed by atoms with Gasteiger partial charge in [-0.05, 0) is 33.8 Å². The van der Waals surface area contributed by atoms with Crippen LogP contribution in [0.5, 0.6) is 0 Å². The van der Waals surface area contributed by atoms with Crippen molar-refractivity contribution in [2.24, 2.45) is 0 Å². The fourth-order valence-corrected chi connectivity index (χ4v) is 1.84. The minimum absolute atomic E-state index is 0.448. The van der Waals surface area contributed by atoms with E-state index in [4.69, 9.17) is 9.31 Å². The normalized spacial score (nSPS) is 21.3. The van der Waals surface area contributed by atoms with Gasteiger partial charge in [-0.2, -0.15) is 13.2 Å². The lowest BCUT2D eigenvalue weighted by molar-refractivity contribution is -0.140. The van der Waals surface area contributed by atoms with E-state index in [1.54, 1.807) is 27.7 Å². The molecule has 1 aliphatic heterocycles. The summed E-state index contributed by atoms with van der Waals surface area (Å²) in [5.74, 6) is -0.872. The Morgan fingerprint density at radius 1 is 1.10 bits per heavy atom. The average molecular weight is 291 g/mol. The summed E-state index contributed by atoms with van der Waals surface area (Å²) in [5.41, 5.74) is -3.27. The Kier molecular flexibility index (Phi) is 3.37. The zero-order chi connectivity index (χ0) is 15.3. The van der Waals surface area contributed by atoms with Crippen LogP contribution in [0.1, 0.15) is 33.4 Å². The third kappa shape index (κ3) is 2.54. The van der Waals surface area contributed by atoms with Crippen LogP contribution in [-0.4, -0.2) is 23.3 Å². The van der Waals surface area contributed by atoms with Crippen LogP contribution in [0.3, 0.4) is 0 Å². The van der Waals surface area contributed by atoms with Crippen molar-refractivity contribution in [2.75, 3.05) is 0 Å². The molecule has 1 aliphatic rings. The highest BCUT2D eigenvalue weighted by atomic mass is 19.4. The van der Waals surface area contributed by atoms with Crippen LogP contribution in [0.2, 0.25) is 0 Å². The molecule has 1 fully saturated rings. The van der Waals surface area contributed by atoms with Gasteiger partial charge in [0.2, 0.25) is 0 Å². The number of rotatable bonds is 1. The lowest BCUT2D eigenvalue weighted by Crippen LogP contribution is -2.41. The van der Waals surface area contributed by atoms with Gasteiger partial charge in [-0.1, -0.05) is 0 Å². The summed E-state index contributed by atoms with van der Waals surface area (Å²) in [6, 6.07) is 0.748. The van der Waals surface area contributed by atoms with Crippen molar-refractivity contribution < 1.29 is 26.9 Å². The summed E-state index contributed by atoms with van der Waals surface area (Å²) in [7, 11) is -1.31. The highest BCUT2D eigenvalue weighted by Gasteiger charge is 2.54. The number of alkyl halides is 3. The molecule has 1 aromatic rings. The molecule has 8 heteroatoms. The number of pyridine rings is 1. The van der Waals surface area contributed by atoms with E-state index in [9.17, 15) is 17.6 Å². The Labute approximate surface area is 114 Å². The number of hydrogen-bond acceptors (Lipinski definition) is 3. The van der Waals surface area contributed by atoms with Gasteiger partial charge >= 0.3 is 13.3 Å². The number of aromatic nitrogens is 1. The van der Waals surface area contributed by atoms with Gasteiger partial charge in [0.25, 0.3) is 0 Å². The van der Waals surface area contributed by atoms with E-state index in [2.05, 4.69) is 4.98 Å². The molecular weight excluding hydrogens is 277 g/mol. The van der Waals surface area contributed by atoms with E-state index < -0.39 is 41.5 Å². The molecule has 1 aromatic heterocycles. The molecule has 2 heterocycles. The second-order valence-corrected chi connectivity index (χ2v) is 5.68. The highest BCUT2D eigenvalue weighted by molar-refractivity contribution is 6.62. The van der Waals surface area contributed by atoms with E-state index in [0.717, 1.165) is 6.07 Å². The number of hydrogen-bond donors (Lipinski definition) is 0. The molecule has 2 rings (SSSR count). The van der Waals surface area contributed by atoms with Gasteiger partial charge in [0.1, 0.15) is 11.5 Å². The molecule has 20 heavy (non-hydrogen) atoms. The van der Waals surface area contributed by atoms with Crippen LogP contribution < -0.4 is 5.46 Å². The first kappa shape index (κ1) is 15.2. The van der Waals surface area contributed by atoms with Crippen LogP contribution in [-0.2, 0) is 15.5 Å². The van der Waals surface area contributed by atoms with E-state index >= 15 is 0 Å². The third-order valence-electron chi connectivity index (χ3n) is 3.66. The summed E-state index contributed by atoms with van der Waals surface area (Å²) in [6.45, 7) is 6.81. The van der Waals surface area contributed by atoms with Gasteiger partial charge in [-0.15, -0.1) is 0 Å². The minimum Gasteiger partial charge on any atom is -0.399 e. The Morgan fingerprint density at radius 2 is 1.60 bits per heavy atom. The Bertz CT molecular complexity index is 515. The topological polar surface area (TPSA) is 31.4 Å². The molecule has 0 amide bonds. The Balaban J connectivity index is 2.47. The highest BCUT2D eigenvalue weighted by Crippen LogP contribution is 2.37. The summed E-state index contributed by atoms with van der Waals surface area (Å²) in [4.78, 5) is 3.13. The average Bonchev–Trinajstić information content (AvgIpc) is 2.46. The van der Waals surface area contributed by atoms with Crippen molar-refractivity contribution >= 4 is 12.6 Å². The van der Waals surface area contributed by atoms with Crippen LogP contribution in [0.15, 0.2) is 12.3 Å². The molecule has 0 radical (unpaired) electrons. The van der Waals surface area contributed by atoms with E-state index in [1.807, 2.05) is 0 Å². The molecule has 0 atom stereocenters. The zero-order valence-electron chi connectivity index (χ0n) is 11.5. The van der Waals surface area contributed by atoms with Crippen LogP contribution in [0.25, 0.3) is 0 Å². The van der Waals surface area contributed by atoms with Crippen LogP contribution >= 0.6 is 0 Å². The van der Waals surface area contributed by atoms with Crippen molar-refractivity contribution in [3.05, 3.63) is 23.8 Å². The lowest BCUT2D eigenvalue weighted by Gasteiger charge is -2.32. The van der Waals surface area contributed by atoms with Gasteiger partial charge in [-0.3, -0.25) is 0 Å². The van der Waals surface area contributed by atoms with Gasteiger partial charge in [-0.25, -0.2) is 9.37 Å². The zero-order valence-corrected chi connectivity index (χ0v) is 11.5. The third-order valence-corrected chi connectivity index (χ3v) is 3.66. The van der Waals surface area contributed by atoms with Crippen molar-refractivity contribution in [1.82, 2.24) is 4.98 Å². The molecule has 110 valence electrons. The van der Waals surface area contributed by atoms with Gasteiger partial charge < -0.3 is 9.31 Å². The molecule has 0 N–H and O–H groups in total. The monoisotopic (exact) mass is 291 g/mol. The van der Waals surface area contributed by atoms with Crippen LogP contribution in [0.4, 0.5) is 17.6 Å². The molecule has 0 spiro atoms. The maximum absolute atomic E-state index is 13.2. The quantitative estimate of drug-likeness (QED) is 0.588. The predicted molar refractivity (Wildman–Crippen MR) is 64.9 cm³/mol. The van der Waals surface area contributed by atoms with Crippen molar-refractivity contribution in [2.45, 2.75) is 45.1 Å². The predicted octanol–water partition coefficient (Wildman–Crippen LogP) is 2.54. The SMILES string of the molecule is CC1(C)OB(c2cc(F)cnc2C(F)(F)F)OC1(C)C. The molecule has 0 aromatic carbocycles. The maximum Gasteiger partial charge on any atom is 0.497 e. The molecule has 0 unspecified atom stereocenters. The standard InChI is InChI=1S/C12H14BF4NO2/c1-10(2)11(3,4)20-13(19-10)8-5-7(14)6-18-9(8)12(15,16)17/h5-6H,1-4H3. The minimum atomic E-state index is -4.70. The van der Waals surface area contributed by atoms with Gasteiger partial charge in [0, 0.05) is 5.46 Å². The van der Waals surface area contributed by atoms with Gasteiger partial charge in [0.05, 0.1) is 17.4 Å². The first-order valence-corrected chi connectivity index (χ1v) is 6.02. The van der Waals surface area contributed by atoms with E-state index in [-0.39, 0.29) is 0 Å². The fourth-order valence-electron chi connectivity index (χ4n) is 1.84. The maximum atomic E-state index is 13.2. The van der Waals surface area contributed by atoms with Gasteiger partial charge in [0.15, 0.2) is 0 Å². The smallest absolute Gasteiger partial charge is 0.399 e. The molecule has 0 aliphatic carbocycles. The largest absolute Gasteiger partial charge is 0.497 e. The van der Waals surface area contributed by atoms with E-state index in [1.165, 1.54) is 0 Å². The fraction of sp³-hybridized carbons (Fsp3) is 0.583. The van der Waals surface area contributed by atoms with E-state index in [0.29, 0.717) is 6.20 Å². The first-order valence-electron chi connectivity index (χ1n) is 6.02. The second kappa shape index (κ2) is 4.43. The Hall–Kier alpha value is -1.15. The van der Waals surface area contributed by atoms with Crippen molar-refractivity contribution in [3.8, 4) is 0 Å². The molecule has 0 bridgehead atoms. The first-order chi connectivity index (χ1) is 8.94. The lowest BCUT2D eigenvalue weighted by atomic mass is 9.77. The van der Waals surface area contributed by atoms with Crippen LogP contribution in [0, 0.1) is 5.82 Å².